The van der Waals surface area contributed by atoms with Crippen molar-refractivity contribution < 1.29 is 14.3 Å². The van der Waals surface area contributed by atoms with E-state index in [9.17, 15) is 4.79 Å². The highest BCUT2D eigenvalue weighted by Gasteiger charge is 2.08. The van der Waals surface area contributed by atoms with Crippen LogP contribution in [0.2, 0.25) is 0 Å². The molecular formula is C9H13N3O3. The number of hydrogen-bond acceptors (Lipinski definition) is 5. The summed E-state index contributed by atoms with van der Waals surface area (Å²) in [4.78, 5) is 15.1. The average Bonchev–Trinajstić information content (AvgIpc) is 2.21. The number of ether oxygens (including phenoxy) is 2. The van der Waals surface area contributed by atoms with E-state index in [4.69, 9.17) is 10.5 Å². The number of nitrogens with one attached hydrogen (secondary N) is 1. The summed E-state index contributed by atoms with van der Waals surface area (Å²) in [5, 5.41) is 2.53. The number of nitrogen functional groups attached to an aromatic ring is 1. The van der Waals surface area contributed by atoms with Crippen molar-refractivity contribution >= 4 is 17.4 Å². The van der Waals surface area contributed by atoms with Crippen molar-refractivity contribution in [2.45, 2.75) is 0 Å². The molecule has 1 aromatic rings. The van der Waals surface area contributed by atoms with E-state index in [0.717, 1.165) is 0 Å². The van der Waals surface area contributed by atoms with Crippen molar-refractivity contribution in [3.05, 3.63) is 12.3 Å². The van der Waals surface area contributed by atoms with Crippen LogP contribution in [0.15, 0.2) is 12.3 Å². The Labute approximate surface area is 87.4 Å². The third-order valence-corrected chi connectivity index (χ3v) is 1.63. The Bertz CT molecular complexity index is 354. The fraction of sp³-hybridized carbons (Fsp3) is 0.333. The third-order valence-electron chi connectivity index (χ3n) is 1.63. The van der Waals surface area contributed by atoms with Crippen molar-refractivity contribution in [2.75, 3.05) is 31.9 Å². The minimum Gasteiger partial charge on any atom is -0.493 e. The molecule has 82 valence electrons. The van der Waals surface area contributed by atoms with Gasteiger partial charge in [-0.1, -0.05) is 0 Å². The van der Waals surface area contributed by atoms with Crippen LogP contribution in [0.25, 0.3) is 0 Å². The summed E-state index contributed by atoms with van der Waals surface area (Å²) in [7, 11) is 2.91. The highest BCUT2D eigenvalue weighted by atomic mass is 16.5. The van der Waals surface area contributed by atoms with Gasteiger partial charge in [-0.3, -0.25) is 4.79 Å². The van der Waals surface area contributed by atoms with Crippen LogP contribution < -0.4 is 15.8 Å². The van der Waals surface area contributed by atoms with E-state index in [1.165, 1.54) is 20.4 Å². The molecular weight excluding hydrogens is 198 g/mol. The van der Waals surface area contributed by atoms with Crippen LogP contribution >= 0.6 is 0 Å². The third kappa shape index (κ3) is 3.10. The van der Waals surface area contributed by atoms with E-state index in [1.807, 2.05) is 0 Å². The second-order valence-corrected chi connectivity index (χ2v) is 2.80. The van der Waals surface area contributed by atoms with Gasteiger partial charge in [0.05, 0.1) is 19.0 Å². The standard InChI is InChI=1S/C9H13N3O3/c1-14-5-8(13)12-9-7(15-2)3-6(10)4-11-9/h3-4H,5,10H2,1-2H3,(H,11,12,13). The van der Waals surface area contributed by atoms with Crippen LogP contribution in [-0.2, 0) is 9.53 Å². The van der Waals surface area contributed by atoms with Crippen molar-refractivity contribution in [1.29, 1.82) is 0 Å². The summed E-state index contributed by atoms with van der Waals surface area (Å²) >= 11 is 0. The second kappa shape index (κ2) is 5.16. The van der Waals surface area contributed by atoms with Crippen LogP contribution in [-0.4, -0.2) is 31.7 Å². The Hall–Kier alpha value is -1.82. The van der Waals surface area contributed by atoms with Gasteiger partial charge in [0.25, 0.3) is 5.91 Å². The predicted octanol–water partition coefficient (Wildman–Crippen LogP) is 0.257. The monoisotopic (exact) mass is 211 g/mol. The highest BCUT2D eigenvalue weighted by molar-refractivity contribution is 5.92. The van der Waals surface area contributed by atoms with Crippen LogP contribution in [0, 0.1) is 0 Å². The van der Waals surface area contributed by atoms with E-state index >= 15 is 0 Å². The largest absolute Gasteiger partial charge is 0.493 e. The molecule has 1 aromatic heterocycles. The fourth-order valence-electron chi connectivity index (χ4n) is 1.01. The van der Waals surface area contributed by atoms with Gasteiger partial charge in [-0.2, -0.15) is 0 Å². The molecule has 0 unspecified atom stereocenters. The Morgan fingerprint density at radius 2 is 2.33 bits per heavy atom. The normalized spacial score (nSPS) is 9.73. The SMILES string of the molecule is COCC(=O)Nc1ncc(N)cc1OC. The van der Waals surface area contributed by atoms with E-state index in [0.29, 0.717) is 17.3 Å². The van der Waals surface area contributed by atoms with Crippen LogP contribution in [0.5, 0.6) is 5.75 Å². The number of nitrogens with two attached hydrogens (primary N) is 1. The molecule has 0 saturated carbocycles. The second-order valence-electron chi connectivity index (χ2n) is 2.80. The Morgan fingerprint density at radius 1 is 1.60 bits per heavy atom. The first-order chi connectivity index (χ1) is 7.17. The van der Waals surface area contributed by atoms with Crippen molar-refractivity contribution in [2.24, 2.45) is 0 Å². The summed E-state index contributed by atoms with van der Waals surface area (Å²) < 4.78 is 9.67. The number of nitrogens with zero attached hydrogens (tertiary/aromatic N) is 1. The van der Waals surface area contributed by atoms with Gasteiger partial charge < -0.3 is 20.5 Å². The lowest BCUT2D eigenvalue weighted by Crippen LogP contribution is -2.18. The molecule has 6 heteroatoms. The maximum Gasteiger partial charge on any atom is 0.251 e. The highest BCUT2D eigenvalue weighted by Crippen LogP contribution is 2.23. The Kier molecular flexibility index (Phi) is 3.87. The maximum atomic E-state index is 11.2. The topological polar surface area (TPSA) is 86.5 Å². The summed E-state index contributed by atoms with van der Waals surface area (Å²) in [6.45, 7) is -0.0325. The summed E-state index contributed by atoms with van der Waals surface area (Å²) in [5.41, 5.74) is 5.98. The molecule has 0 aliphatic carbocycles. The summed E-state index contributed by atoms with van der Waals surface area (Å²) in [6, 6.07) is 1.58. The first-order valence-electron chi connectivity index (χ1n) is 4.25. The van der Waals surface area contributed by atoms with Crippen LogP contribution in [0.3, 0.4) is 0 Å². The van der Waals surface area contributed by atoms with Gasteiger partial charge in [-0.25, -0.2) is 4.98 Å². The molecule has 1 rings (SSSR count). The number of amides is 1. The van der Waals surface area contributed by atoms with Crippen LogP contribution in [0.1, 0.15) is 0 Å². The zero-order valence-electron chi connectivity index (χ0n) is 8.61. The first-order valence-corrected chi connectivity index (χ1v) is 4.25. The summed E-state index contributed by atoms with van der Waals surface area (Å²) in [6.07, 6.45) is 1.44. The van der Waals surface area contributed by atoms with Gasteiger partial charge in [-0.05, 0) is 0 Å². The zero-order valence-corrected chi connectivity index (χ0v) is 8.61. The fourth-order valence-corrected chi connectivity index (χ4v) is 1.01. The lowest BCUT2D eigenvalue weighted by atomic mass is 10.4. The molecule has 0 spiro atoms. The number of rotatable bonds is 4. The molecule has 0 aliphatic rings. The molecule has 0 radical (unpaired) electrons. The number of methoxy groups -OCH3 is 2. The molecule has 0 aliphatic heterocycles. The first kappa shape index (κ1) is 11.3. The number of hydrogen-bond donors (Lipinski definition) is 2. The van der Waals surface area contributed by atoms with Gasteiger partial charge in [0, 0.05) is 13.2 Å². The molecule has 1 amide bonds. The molecule has 3 N–H and O–H groups in total. The smallest absolute Gasteiger partial charge is 0.251 e. The number of anilines is 2. The van der Waals surface area contributed by atoms with E-state index in [-0.39, 0.29) is 12.5 Å². The number of pyridine rings is 1. The van der Waals surface area contributed by atoms with E-state index in [2.05, 4.69) is 15.0 Å². The molecule has 0 fully saturated rings. The minimum absolute atomic E-state index is 0.0325. The average molecular weight is 211 g/mol. The van der Waals surface area contributed by atoms with Crippen molar-refractivity contribution in [3.8, 4) is 5.75 Å². The van der Waals surface area contributed by atoms with Gasteiger partial charge >= 0.3 is 0 Å². The van der Waals surface area contributed by atoms with Gasteiger partial charge in [0.2, 0.25) is 0 Å². The lowest BCUT2D eigenvalue weighted by Gasteiger charge is -2.08. The van der Waals surface area contributed by atoms with Crippen LogP contribution in [0.4, 0.5) is 11.5 Å². The van der Waals surface area contributed by atoms with Gasteiger partial charge in [0.15, 0.2) is 11.6 Å². The van der Waals surface area contributed by atoms with E-state index < -0.39 is 0 Å². The van der Waals surface area contributed by atoms with Gasteiger partial charge in [-0.15, -0.1) is 0 Å². The number of carbonyl (C=O) groups excluding carboxylic acids is 1. The van der Waals surface area contributed by atoms with E-state index in [1.54, 1.807) is 6.07 Å². The zero-order chi connectivity index (χ0) is 11.3. The molecule has 0 aromatic carbocycles. The molecule has 0 saturated heterocycles. The summed E-state index contributed by atoms with van der Waals surface area (Å²) in [5.74, 6) is 0.446. The Morgan fingerprint density at radius 3 is 2.93 bits per heavy atom. The van der Waals surface area contributed by atoms with Gasteiger partial charge in [0.1, 0.15) is 6.61 Å². The number of carbonyl (C=O) groups is 1. The number of aromatic nitrogens is 1. The quantitative estimate of drug-likeness (QED) is 0.745. The Balaban J connectivity index is 2.80. The lowest BCUT2D eigenvalue weighted by molar-refractivity contribution is -0.119. The molecule has 6 nitrogen and oxygen atoms in total. The molecule has 0 atom stereocenters. The maximum absolute atomic E-state index is 11.2. The molecule has 15 heavy (non-hydrogen) atoms. The predicted molar refractivity (Wildman–Crippen MR) is 55.7 cm³/mol. The van der Waals surface area contributed by atoms with Crippen molar-refractivity contribution in [3.63, 3.8) is 0 Å². The molecule has 0 bridgehead atoms. The molecule has 1 heterocycles. The minimum atomic E-state index is -0.298. The van der Waals surface area contributed by atoms with Crippen molar-refractivity contribution in [1.82, 2.24) is 4.98 Å².